The quantitative estimate of drug-likeness (QED) is 0.384. The number of nitrogens with zero attached hydrogens (tertiary/aromatic N) is 2. The van der Waals surface area contributed by atoms with E-state index in [1.165, 1.54) is 10.5 Å². The summed E-state index contributed by atoms with van der Waals surface area (Å²) in [5, 5.41) is 3.00. The lowest BCUT2D eigenvalue weighted by Gasteiger charge is -2.32. The van der Waals surface area contributed by atoms with Crippen molar-refractivity contribution in [2.45, 2.75) is 19.4 Å². The van der Waals surface area contributed by atoms with E-state index >= 15 is 0 Å². The van der Waals surface area contributed by atoms with Gasteiger partial charge in [0.05, 0.1) is 16.4 Å². The molecule has 0 aliphatic carbocycles. The van der Waals surface area contributed by atoms with Crippen LogP contribution >= 0.6 is 11.3 Å². The summed E-state index contributed by atoms with van der Waals surface area (Å²) in [4.78, 5) is 30.5. The largest absolute Gasteiger partial charge is 0.479 e. The molecule has 7 nitrogen and oxygen atoms in total. The van der Waals surface area contributed by atoms with Crippen LogP contribution in [0.2, 0.25) is 0 Å². The number of hydrazine groups is 1. The normalized spacial score (nSPS) is 15.6. The SMILES string of the molecule is CC1Oc2ccc(-c3csc(Cc4ccccc4)n3)cc2N(CC(=O)NN)C1=O. The summed E-state index contributed by atoms with van der Waals surface area (Å²) in [6.45, 7) is 1.48. The van der Waals surface area contributed by atoms with Crippen LogP contribution in [0.15, 0.2) is 53.9 Å². The van der Waals surface area contributed by atoms with Crippen LogP contribution in [0.1, 0.15) is 17.5 Å². The molecule has 2 aromatic carbocycles. The van der Waals surface area contributed by atoms with E-state index < -0.39 is 12.0 Å². The van der Waals surface area contributed by atoms with E-state index in [9.17, 15) is 9.59 Å². The standard InChI is InChI=1S/C21H20N4O3S/c1-13-21(27)25(11-19(26)24-22)17-10-15(7-8-18(17)28-13)16-12-29-20(23-16)9-14-5-3-2-4-6-14/h2-8,10,12-13H,9,11,22H2,1H3,(H,24,26). The zero-order chi connectivity index (χ0) is 20.4. The number of nitrogens with one attached hydrogen (secondary N) is 1. The highest BCUT2D eigenvalue weighted by atomic mass is 32.1. The Bertz CT molecular complexity index is 1050. The van der Waals surface area contributed by atoms with Gasteiger partial charge in [-0.2, -0.15) is 0 Å². The molecule has 8 heteroatoms. The minimum absolute atomic E-state index is 0.171. The summed E-state index contributed by atoms with van der Waals surface area (Å²) in [5.41, 5.74) is 5.47. The molecule has 0 radical (unpaired) electrons. The molecule has 1 aliphatic rings. The van der Waals surface area contributed by atoms with Crippen LogP contribution in [0.5, 0.6) is 5.75 Å². The van der Waals surface area contributed by atoms with Gasteiger partial charge in [-0.15, -0.1) is 11.3 Å². The summed E-state index contributed by atoms with van der Waals surface area (Å²) in [6.07, 6.45) is 0.0916. The molecule has 0 fully saturated rings. The molecule has 0 spiro atoms. The Labute approximate surface area is 172 Å². The van der Waals surface area contributed by atoms with Gasteiger partial charge in [0.1, 0.15) is 12.3 Å². The van der Waals surface area contributed by atoms with Gasteiger partial charge in [-0.25, -0.2) is 10.8 Å². The Morgan fingerprint density at radius 1 is 1.28 bits per heavy atom. The van der Waals surface area contributed by atoms with Gasteiger partial charge >= 0.3 is 0 Å². The molecule has 1 aliphatic heterocycles. The van der Waals surface area contributed by atoms with Crippen molar-refractivity contribution >= 4 is 28.8 Å². The van der Waals surface area contributed by atoms with Gasteiger partial charge in [0.25, 0.3) is 11.8 Å². The molecule has 4 rings (SSSR count). The van der Waals surface area contributed by atoms with Crippen molar-refractivity contribution in [3.8, 4) is 17.0 Å². The van der Waals surface area contributed by atoms with Crippen molar-refractivity contribution in [2.75, 3.05) is 11.4 Å². The first kappa shape index (κ1) is 19.1. The third-order valence-electron chi connectivity index (χ3n) is 4.68. The molecule has 29 heavy (non-hydrogen) atoms. The van der Waals surface area contributed by atoms with Gasteiger partial charge in [-0.1, -0.05) is 30.3 Å². The van der Waals surface area contributed by atoms with E-state index in [1.807, 2.05) is 35.7 Å². The van der Waals surface area contributed by atoms with Crippen LogP contribution in [0, 0.1) is 0 Å². The Morgan fingerprint density at radius 3 is 2.83 bits per heavy atom. The van der Waals surface area contributed by atoms with Crippen LogP contribution in [0.4, 0.5) is 5.69 Å². The second kappa shape index (κ2) is 8.02. The average molecular weight is 408 g/mol. The molecule has 0 saturated carbocycles. The van der Waals surface area contributed by atoms with Crippen LogP contribution in [0.3, 0.4) is 0 Å². The molecule has 0 bridgehead atoms. The zero-order valence-electron chi connectivity index (χ0n) is 15.8. The van der Waals surface area contributed by atoms with Gasteiger partial charge in [0.2, 0.25) is 0 Å². The van der Waals surface area contributed by atoms with Crippen molar-refractivity contribution in [1.29, 1.82) is 0 Å². The fraction of sp³-hybridized carbons (Fsp3) is 0.190. The van der Waals surface area contributed by atoms with E-state index in [4.69, 9.17) is 15.6 Å². The lowest BCUT2D eigenvalue weighted by molar-refractivity contribution is -0.128. The van der Waals surface area contributed by atoms with Crippen molar-refractivity contribution < 1.29 is 14.3 Å². The smallest absolute Gasteiger partial charge is 0.268 e. The molecule has 0 saturated heterocycles. The maximum absolute atomic E-state index is 12.6. The minimum atomic E-state index is -0.671. The summed E-state index contributed by atoms with van der Waals surface area (Å²) in [5.74, 6) is 5.00. The fourth-order valence-electron chi connectivity index (χ4n) is 3.21. The number of rotatable bonds is 5. The summed E-state index contributed by atoms with van der Waals surface area (Å²) in [6, 6.07) is 15.7. The highest BCUT2D eigenvalue weighted by Gasteiger charge is 2.33. The van der Waals surface area contributed by atoms with Crippen LogP contribution in [-0.2, 0) is 16.0 Å². The van der Waals surface area contributed by atoms with Crippen molar-refractivity contribution in [2.24, 2.45) is 5.84 Å². The Hall–Kier alpha value is -3.23. The first-order valence-corrected chi connectivity index (χ1v) is 10.0. The predicted octanol–water partition coefficient (Wildman–Crippen LogP) is 2.50. The molecular weight excluding hydrogens is 388 g/mol. The highest BCUT2D eigenvalue weighted by molar-refractivity contribution is 7.10. The van der Waals surface area contributed by atoms with E-state index in [0.29, 0.717) is 11.4 Å². The van der Waals surface area contributed by atoms with Crippen LogP contribution in [0.25, 0.3) is 11.3 Å². The highest BCUT2D eigenvalue weighted by Crippen LogP contribution is 2.37. The number of thiazole rings is 1. The number of nitrogens with two attached hydrogens (primary N) is 1. The molecule has 148 valence electrons. The summed E-state index contributed by atoms with van der Waals surface area (Å²) < 4.78 is 5.69. The number of carbonyl (C=O) groups is 2. The molecule has 1 aromatic heterocycles. The Balaban J connectivity index is 1.63. The lowest BCUT2D eigenvalue weighted by Crippen LogP contribution is -2.49. The third-order valence-corrected chi connectivity index (χ3v) is 5.52. The first-order valence-electron chi connectivity index (χ1n) is 9.15. The van der Waals surface area contributed by atoms with Crippen LogP contribution < -0.4 is 20.9 Å². The zero-order valence-corrected chi connectivity index (χ0v) is 16.6. The summed E-state index contributed by atoms with van der Waals surface area (Å²) >= 11 is 1.59. The monoisotopic (exact) mass is 408 g/mol. The second-order valence-corrected chi connectivity index (χ2v) is 7.67. The number of aromatic nitrogens is 1. The van der Waals surface area contributed by atoms with E-state index in [-0.39, 0.29) is 12.5 Å². The number of hydrogen-bond acceptors (Lipinski definition) is 6. The van der Waals surface area contributed by atoms with E-state index in [1.54, 1.807) is 24.3 Å². The number of benzene rings is 2. The maximum Gasteiger partial charge on any atom is 0.268 e. The number of amides is 2. The van der Waals surface area contributed by atoms with E-state index in [0.717, 1.165) is 22.7 Å². The average Bonchev–Trinajstić information content (AvgIpc) is 3.20. The van der Waals surface area contributed by atoms with Gasteiger partial charge < -0.3 is 4.74 Å². The molecule has 2 amide bonds. The summed E-state index contributed by atoms with van der Waals surface area (Å²) in [7, 11) is 0. The predicted molar refractivity (Wildman–Crippen MR) is 112 cm³/mol. The molecular formula is C21H20N4O3S. The number of fused-ring (bicyclic) bond motifs is 1. The lowest BCUT2D eigenvalue weighted by atomic mass is 10.1. The third kappa shape index (κ3) is 3.98. The second-order valence-electron chi connectivity index (χ2n) is 6.72. The van der Waals surface area contributed by atoms with Crippen LogP contribution in [-0.4, -0.2) is 29.4 Å². The van der Waals surface area contributed by atoms with Gasteiger partial charge in [0, 0.05) is 17.4 Å². The van der Waals surface area contributed by atoms with Crippen molar-refractivity contribution in [3.63, 3.8) is 0 Å². The van der Waals surface area contributed by atoms with Gasteiger partial charge in [-0.05, 0) is 30.7 Å². The Morgan fingerprint density at radius 2 is 2.07 bits per heavy atom. The molecule has 2 heterocycles. The molecule has 1 atom stereocenters. The number of carbonyl (C=O) groups excluding carboxylic acids is 2. The Kier molecular flexibility index (Phi) is 5.28. The number of ether oxygens (including phenoxy) is 1. The molecule has 3 N–H and O–H groups in total. The molecule has 1 unspecified atom stereocenters. The van der Waals surface area contributed by atoms with E-state index in [2.05, 4.69) is 17.6 Å². The maximum atomic E-state index is 12.6. The van der Waals surface area contributed by atoms with Crippen molar-refractivity contribution in [3.05, 3.63) is 64.5 Å². The molecule has 3 aromatic rings. The topological polar surface area (TPSA) is 97.6 Å². The number of hydrogen-bond donors (Lipinski definition) is 2. The fourth-order valence-corrected chi connectivity index (χ4v) is 4.05. The first-order chi connectivity index (χ1) is 14.0. The van der Waals surface area contributed by atoms with Gasteiger partial charge in [-0.3, -0.25) is 19.9 Å². The minimum Gasteiger partial charge on any atom is -0.479 e. The number of anilines is 1. The van der Waals surface area contributed by atoms with Gasteiger partial charge in [0.15, 0.2) is 6.10 Å². The van der Waals surface area contributed by atoms with Crippen molar-refractivity contribution in [1.82, 2.24) is 10.4 Å².